The monoisotopic (exact) mass is 389 g/mol. The number of fused-ring (bicyclic) bond motifs is 1. The first-order valence-corrected chi connectivity index (χ1v) is 10.5. The fourth-order valence-electron chi connectivity index (χ4n) is 3.52. The van der Waals surface area contributed by atoms with E-state index in [1.165, 1.54) is 0 Å². The fourth-order valence-corrected chi connectivity index (χ4v) is 5.12. The van der Waals surface area contributed by atoms with Crippen LogP contribution in [0.25, 0.3) is 11.0 Å². The van der Waals surface area contributed by atoms with Gasteiger partial charge in [0.25, 0.3) is 0 Å². The lowest BCUT2D eigenvalue weighted by atomic mass is 9.98. The van der Waals surface area contributed by atoms with Crippen molar-refractivity contribution < 1.29 is 8.42 Å². The Balaban J connectivity index is 1.43. The van der Waals surface area contributed by atoms with E-state index in [4.69, 9.17) is 11.6 Å². The van der Waals surface area contributed by atoms with Gasteiger partial charge in [-0.3, -0.25) is 0 Å². The van der Waals surface area contributed by atoms with Gasteiger partial charge in [-0.1, -0.05) is 23.7 Å². The summed E-state index contributed by atoms with van der Waals surface area (Å²) in [5.41, 5.74) is 2.12. The summed E-state index contributed by atoms with van der Waals surface area (Å²) in [6, 6.07) is 14.5. The van der Waals surface area contributed by atoms with Crippen LogP contribution in [0.3, 0.4) is 0 Å². The van der Waals surface area contributed by atoms with Crippen molar-refractivity contribution in [2.45, 2.75) is 24.3 Å². The summed E-state index contributed by atoms with van der Waals surface area (Å²) in [5, 5.41) is 0.537. The van der Waals surface area contributed by atoms with Gasteiger partial charge < -0.3 is 4.57 Å². The van der Waals surface area contributed by atoms with E-state index in [9.17, 15) is 8.42 Å². The molecule has 1 aliphatic heterocycles. The Labute approximate surface area is 158 Å². The number of rotatable bonds is 4. The standard InChI is InChI=1S/C19H20ClN3O2S/c20-16-5-7-17(8-6-16)26(24,25)23-11-9-15(10-12-23)13-22-14-21-18-3-1-2-4-19(18)22/h1-8,14-15H,9-13H2. The fraction of sp³-hybridized carbons (Fsp3) is 0.316. The molecule has 0 radical (unpaired) electrons. The van der Waals surface area contributed by atoms with Crippen molar-refractivity contribution in [1.82, 2.24) is 13.9 Å². The molecular weight excluding hydrogens is 370 g/mol. The number of aromatic nitrogens is 2. The first kappa shape index (κ1) is 17.5. The van der Waals surface area contributed by atoms with Crippen LogP contribution in [0.15, 0.2) is 59.8 Å². The summed E-state index contributed by atoms with van der Waals surface area (Å²) in [7, 11) is -3.44. The van der Waals surface area contributed by atoms with E-state index in [-0.39, 0.29) is 0 Å². The topological polar surface area (TPSA) is 55.2 Å². The molecule has 26 heavy (non-hydrogen) atoms. The molecule has 0 unspecified atom stereocenters. The molecular formula is C19H20ClN3O2S. The molecule has 2 heterocycles. The third-order valence-corrected chi connectivity index (χ3v) is 7.17. The van der Waals surface area contributed by atoms with Crippen LogP contribution in [0.2, 0.25) is 5.02 Å². The Hall–Kier alpha value is -1.89. The van der Waals surface area contributed by atoms with Gasteiger partial charge in [-0.2, -0.15) is 4.31 Å². The van der Waals surface area contributed by atoms with Crippen LogP contribution < -0.4 is 0 Å². The lowest BCUT2D eigenvalue weighted by molar-refractivity contribution is 0.254. The van der Waals surface area contributed by atoms with Gasteiger partial charge in [0.1, 0.15) is 0 Å². The molecule has 0 saturated carbocycles. The van der Waals surface area contributed by atoms with Crippen LogP contribution in [0.5, 0.6) is 0 Å². The van der Waals surface area contributed by atoms with E-state index < -0.39 is 10.0 Å². The van der Waals surface area contributed by atoms with Gasteiger partial charge in [-0.05, 0) is 55.2 Å². The molecule has 1 aromatic heterocycles. The Morgan fingerprint density at radius 1 is 1.04 bits per heavy atom. The number of para-hydroxylation sites is 2. The lowest BCUT2D eigenvalue weighted by Gasteiger charge is -2.31. The quantitative estimate of drug-likeness (QED) is 0.682. The zero-order valence-corrected chi connectivity index (χ0v) is 15.8. The maximum atomic E-state index is 12.8. The summed E-state index contributed by atoms with van der Waals surface area (Å²) in [6.07, 6.45) is 3.57. The van der Waals surface area contributed by atoms with Gasteiger partial charge in [0.2, 0.25) is 10.0 Å². The molecule has 7 heteroatoms. The number of hydrogen-bond acceptors (Lipinski definition) is 3. The minimum atomic E-state index is -3.44. The average molecular weight is 390 g/mol. The molecule has 0 N–H and O–H groups in total. The molecule has 3 aromatic rings. The third-order valence-electron chi connectivity index (χ3n) is 5.01. The maximum Gasteiger partial charge on any atom is 0.243 e. The summed E-state index contributed by atoms with van der Waals surface area (Å²) in [5.74, 6) is 0.448. The zero-order valence-electron chi connectivity index (χ0n) is 14.3. The van der Waals surface area contributed by atoms with Crippen molar-refractivity contribution in [3.8, 4) is 0 Å². The van der Waals surface area contributed by atoms with Crippen LogP contribution in [-0.2, 0) is 16.6 Å². The van der Waals surface area contributed by atoms with E-state index >= 15 is 0 Å². The smallest absolute Gasteiger partial charge is 0.243 e. The largest absolute Gasteiger partial charge is 0.330 e. The molecule has 0 amide bonds. The molecule has 1 fully saturated rings. The second kappa shape index (κ2) is 7.02. The summed E-state index contributed by atoms with van der Waals surface area (Å²) >= 11 is 5.86. The van der Waals surface area contributed by atoms with Crippen LogP contribution in [0, 0.1) is 5.92 Å². The predicted molar refractivity (Wildman–Crippen MR) is 103 cm³/mol. The average Bonchev–Trinajstić information content (AvgIpc) is 3.06. The van der Waals surface area contributed by atoms with Gasteiger partial charge in [-0.15, -0.1) is 0 Å². The second-order valence-corrected chi connectivity index (χ2v) is 9.06. The van der Waals surface area contributed by atoms with Crippen LogP contribution in [-0.4, -0.2) is 35.4 Å². The number of benzene rings is 2. The molecule has 0 bridgehead atoms. The number of hydrogen-bond donors (Lipinski definition) is 0. The Bertz CT molecular complexity index is 1010. The molecule has 0 aliphatic carbocycles. The summed E-state index contributed by atoms with van der Waals surface area (Å²) < 4.78 is 29.3. The molecule has 5 nitrogen and oxygen atoms in total. The van der Waals surface area contributed by atoms with Gasteiger partial charge in [-0.25, -0.2) is 13.4 Å². The minimum Gasteiger partial charge on any atom is -0.330 e. The number of imidazole rings is 1. The van der Waals surface area contributed by atoms with Gasteiger partial charge in [0, 0.05) is 24.7 Å². The molecule has 0 spiro atoms. The van der Waals surface area contributed by atoms with Gasteiger partial charge >= 0.3 is 0 Å². The van der Waals surface area contributed by atoms with Crippen LogP contribution in [0.1, 0.15) is 12.8 Å². The van der Waals surface area contributed by atoms with Crippen molar-refractivity contribution in [3.63, 3.8) is 0 Å². The van der Waals surface area contributed by atoms with E-state index in [1.807, 2.05) is 24.5 Å². The summed E-state index contributed by atoms with van der Waals surface area (Å²) in [6.45, 7) is 1.96. The first-order valence-electron chi connectivity index (χ1n) is 8.69. The number of halogens is 1. The van der Waals surface area contributed by atoms with Crippen molar-refractivity contribution in [1.29, 1.82) is 0 Å². The molecule has 1 aliphatic rings. The van der Waals surface area contributed by atoms with Gasteiger partial charge in [0.05, 0.1) is 22.3 Å². The predicted octanol–water partition coefficient (Wildman–Crippen LogP) is 3.79. The Morgan fingerprint density at radius 3 is 2.46 bits per heavy atom. The van der Waals surface area contributed by atoms with E-state index in [2.05, 4.69) is 15.6 Å². The van der Waals surface area contributed by atoms with Crippen molar-refractivity contribution in [3.05, 3.63) is 59.9 Å². The number of nitrogens with zero attached hydrogens (tertiary/aromatic N) is 3. The van der Waals surface area contributed by atoms with E-state index in [0.29, 0.717) is 28.9 Å². The molecule has 136 valence electrons. The van der Waals surface area contributed by atoms with Crippen molar-refractivity contribution in [2.24, 2.45) is 5.92 Å². The Kier molecular flexibility index (Phi) is 4.73. The van der Waals surface area contributed by atoms with E-state index in [0.717, 1.165) is 30.4 Å². The van der Waals surface area contributed by atoms with Crippen molar-refractivity contribution in [2.75, 3.05) is 13.1 Å². The Morgan fingerprint density at radius 2 is 1.73 bits per heavy atom. The number of sulfonamides is 1. The second-order valence-electron chi connectivity index (χ2n) is 6.69. The highest BCUT2D eigenvalue weighted by atomic mass is 35.5. The SMILES string of the molecule is O=S(=O)(c1ccc(Cl)cc1)N1CCC(Cn2cnc3ccccc32)CC1. The van der Waals surface area contributed by atoms with Gasteiger partial charge in [0.15, 0.2) is 0 Å². The van der Waals surface area contributed by atoms with Crippen LogP contribution in [0.4, 0.5) is 0 Å². The molecule has 1 saturated heterocycles. The molecule has 0 atom stereocenters. The number of piperidine rings is 1. The van der Waals surface area contributed by atoms with E-state index in [1.54, 1.807) is 28.6 Å². The maximum absolute atomic E-state index is 12.8. The normalized spacial score (nSPS) is 17.0. The first-order chi connectivity index (χ1) is 12.5. The molecule has 2 aromatic carbocycles. The zero-order chi connectivity index (χ0) is 18.1. The molecule has 4 rings (SSSR count). The highest BCUT2D eigenvalue weighted by Crippen LogP contribution is 2.26. The van der Waals surface area contributed by atoms with Crippen LogP contribution >= 0.6 is 11.6 Å². The summed E-state index contributed by atoms with van der Waals surface area (Å²) in [4.78, 5) is 4.74. The highest BCUT2D eigenvalue weighted by Gasteiger charge is 2.29. The third kappa shape index (κ3) is 3.37. The lowest BCUT2D eigenvalue weighted by Crippen LogP contribution is -2.39. The minimum absolute atomic E-state index is 0.306. The highest BCUT2D eigenvalue weighted by molar-refractivity contribution is 7.89. The van der Waals surface area contributed by atoms with Crippen molar-refractivity contribution >= 4 is 32.7 Å².